The molecule has 4 nitrogen and oxygen atoms in total. The van der Waals surface area contributed by atoms with Gasteiger partial charge in [-0.3, -0.25) is 4.79 Å². The molecule has 1 aliphatic carbocycles. The number of primary amides is 1. The van der Waals surface area contributed by atoms with E-state index in [0.29, 0.717) is 19.1 Å². The largest absolute Gasteiger partial charge is 0.489 e. The standard InChI is InChI=1S/C20H23FN2O2/c1-13(20(22)24)23-11-16-7-8-18(10-19(16)15-5-6-15)25-12-14-3-2-4-17(21)9-14/h2-4,7-10,13,15,23H,5-6,11-12H2,1H3,(H2,22,24)/t13-/m0/s1. The average molecular weight is 342 g/mol. The van der Waals surface area contributed by atoms with E-state index < -0.39 is 0 Å². The van der Waals surface area contributed by atoms with Gasteiger partial charge in [0.2, 0.25) is 5.91 Å². The number of hydrogen-bond acceptors (Lipinski definition) is 3. The van der Waals surface area contributed by atoms with Crippen LogP contribution < -0.4 is 15.8 Å². The number of carbonyl (C=O) groups is 1. The Morgan fingerprint density at radius 1 is 1.32 bits per heavy atom. The van der Waals surface area contributed by atoms with E-state index >= 15 is 0 Å². The molecule has 1 aliphatic rings. The zero-order chi connectivity index (χ0) is 17.8. The molecule has 2 aromatic rings. The maximum absolute atomic E-state index is 13.2. The molecule has 25 heavy (non-hydrogen) atoms. The number of carbonyl (C=O) groups excluding carboxylic acids is 1. The molecule has 0 bridgehead atoms. The van der Waals surface area contributed by atoms with E-state index in [1.807, 2.05) is 18.2 Å². The van der Waals surface area contributed by atoms with E-state index in [4.69, 9.17) is 10.5 Å². The summed E-state index contributed by atoms with van der Waals surface area (Å²) >= 11 is 0. The Kier molecular flexibility index (Phi) is 5.34. The number of nitrogens with one attached hydrogen (secondary N) is 1. The molecule has 0 spiro atoms. The predicted octanol–water partition coefficient (Wildman–Crippen LogP) is 3.25. The number of benzene rings is 2. The average Bonchev–Trinajstić information content (AvgIpc) is 3.43. The van der Waals surface area contributed by atoms with Gasteiger partial charge in [0.25, 0.3) is 0 Å². The Labute approximate surface area is 147 Å². The van der Waals surface area contributed by atoms with E-state index in [0.717, 1.165) is 16.9 Å². The van der Waals surface area contributed by atoms with Gasteiger partial charge in [-0.25, -0.2) is 4.39 Å². The summed E-state index contributed by atoms with van der Waals surface area (Å²) in [6.45, 7) is 2.69. The van der Waals surface area contributed by atoms with Crippen molar-refractivity contribution in [1.29, 1.82) is 0 Å². The molecule has 0 radical (unpaired) electrons. The van der Waals surface area contributed by atoms with Crippen LogP contribution in [0.25, 0.3) is 0 Å². The summed E-state index contributed by atoms with van der Waals surface area (Å²) in [7, 11) is 0. The van der Waals surface area contributed by atoms with E-state index in [9.17, 15) is 9.18 Å². The summed E-state index contributed by atoms with van der Waals surface area (Å²) in [6, 6.07) is 12.0. The van der Waals surface area contributed by atoms with Gasteiger partial charge in [-0.1, -0.05) is 18.2 Å². The first-order valence-corrected chi connectivity index (χ1v) is 8.55. The first-order valence-electron chi connectivity index (χ1n) is 8.55. The van der Waals surface area contributed by atoms with Crippen molar-refractivity contribution >= 4 is 5.91 Å². The van der Waals surface area contributed by atoms with E-state index in [1.165, 1.54) is 30.5 Å². The molecular weight excluding hydrogens is 319 g/mol. The first-order chi connectivity index (χ1) is 12.0. The molecule has 5 heteroatoms. The van der Waals surface area contributed by atoms with Gasteiger partial charge in [0, 0.05) is 6.54 Å². The summed E-state index contributed by atoms with van der Waals surface area (Å²) in [5.41, 5.74) is 8.50. The van der Waals surface area contributed by atoms with Gasteiger partial charge < -0.3 is 15.8 Å². The Morgan fingerprint density at radius 3 is 2.80 bits per heavy atom. The third kappa shape index (κ3) is 4.79. The SMILES string of the molecule is C[C@H](NCc1ccc(OCc2cccc(F)c2)cc1C1CC1)C(N)=O. The molecular formula is C20H23FN2O2. The van der Waals surface area contributed by atoms with Crippen molar-refractivity contribution in [2.75, 3.05) is 0 Å². The lowest BCUT2D eigenvalue weighted by Crippen LogP contribution is -2.38. The van der Waals surface area contributed by atoms with Crippen molar-refractivity contribution < 1.29 is 13.9 Å². The van der Waals surface area contributed by atoms with Crippen LogP contribution in [-0.2, 0) is 17.9 Å². The minimum absolute atomic E-state index is 0.259. The Balaban J connectivity index is 1.67. The highest BCUT2D eigenvalue weighted by Gasteiger charge is 2.26. The Morgan fingerprint density at radius 2 is 2.12 bits per heavy atom. The van der Waals surface area contributed by atoms with Gasteiger partial charge in [0.05, 0.1) is 6.04 Å². The summed E-state index contributed by atoms with van der Waals surface area (Å²) in [5.74, 6) is 0.712. The van der Waals surface area contributed by atoms with Crippen molar-refractivity contribution in [1.82, 2.24) is 5.32 Å². The lowest BCUT2D eigenvalue weighted by molar-refractivity contribution is -0.119. The van der Waals surface area contributed by atoms with Crippen molar-refractivity contribution in [3.8, 4) is 5.75 Å². The Hall–Kier alpha value is -2.40. The molecule has 0 aliphatic heterocycles. The minimum Gasteiger partial charge on any atom is -0.489 e. The minimum atomic E-state index is -0.365. The van der Waals surface area contributed by atoms with Crippen LogP contribution in [0.4, 0.5) is 4.39 Å². The van der Waals surface area contributed by atoms with Gasteiger partial charge >= 0.3 is 0 Å². The molecule has 1 atom stereocenters. The summed E-state index contributed by atoms with van der Waals surface area (Å²) in [5, 5.41) is 3.15. The molecule has 0 aromatic heterocycles. The molecule has 1 fully saturated rings. The van der Waals surface area contributed by atoms with Gasteiger partial charge in [-0.15, -0.1) is 0 Å². The third-order valence-electron chi connectivity index (χ3n) is 4.45. The van der Waals surface area contributed by atoms with Crippen LogP contribution in [0.1, 0.15) is 42.4 Å². The number of ether oxygens (including phenoxy) is 1. The topological polar surface area (TPSA) is 64.3 Å². The van der Waals surface area contributed by atoms with Crippen LogP contribution in [0, 0.1) is 5.82 Å². The smallest absolute Gasteiger partial charge is 0.234 e. The predicted molar refractivity (Wildman–Crippen MR) is 94.6 cm³/mol. The fourth-order valence-electron chi connectivity index (χ4n) is 2.76. The fraction of sp³-hybridized carbons (Fsp3) is 0.350. The van der Waals surface area contributed by atoms with E-state index in [-0.39, 0.29) is 17.8 Å². The molecule has 2 aromatic carbocycles. The van der Waals surface area contributed by atoms with Gasteiger partial charge in [0.15, 0.2) is 0 Å². The number of rotatable bonds is 8. The van der Waals surface area contributed by atoms with E-state index in [1.54, 1.807) is 13.0 Å². The van der Waals surface area contributed by atoms with Crippen molar-refractivity contribution in [2.45, 2.75) is 44.9 Å². The van der Waals surface area contributed by atoms with E-state index in [2.05, 4.69) is 11.4 Å². The van der Waals surface area contributed by atoms with Crippen LogP contribution in [0.2, 0.25) is 0 Å². The zero-order valence-corrected chi connectivity index (χ0v) is 14.3. The van der Waals surface area contributed by atoms with Crippen LogP contribution in [0.15, 0.2) is 42.5 Å². The molecule has 1 amide bonds. The second kappa shape index (κ2) is 7.66. The normalized spacial score (nSPS) is 15.0. The highest BCUT2D eigenvalue weighted by molar-refractivity contribution is 5.79. The lowest BCUT2D eigenvalue weighted by atomic mass is 10.0. The van der Waals surface area contributed by atoms with Gasteiger partial charge in [0.1, 0.15) is 18.2 Å². The highest BCUT2D eigenvalue weighted by atomic mass is 19.1. The van der Waals surface area contributed by atoms with Gasteiger partial charge in [-0.2, -0.15) is 0 Å². The summed E-state index contributed by atoms with van der Waals surface area (Å²) < 4.78 is 19.1. The number of halogens is 1. The van der Waals surface area contributed by atoms with Gasteiger partial charge in [-0.05, 0) is 66.6 Å². The fourth-order valence-corrected chi connectivity index (χ4v) is 2.76. The number of amides is 1. The summed E-state index contributed by atoms with van der Waals surface area (Å²) in [6.07, 6.45) is 2.34. The van der Waals surface area contributed by atoms with Crippen molar-refractivity contribution in [2.24, 2.45) is 5.73 Å². The van der Waals surface area contributed by atoms with Crippen molar-refractivity contribution in [3.63, 3.8) is 0 Å². The Bertz CT molecular complexity index is 759. The summed E-state index contributed by atoms with van der Waals surface area (Å²) in [4.78, 5) is 11.2. The molecule has 132 valence electrons. The second-order valence-electron chi connectivity index (χ2n) is 6.56. The molecule has 3 rings (SSSR count). The molecule has 0 saturated heterocycles. The maximum Gasteiger partial charge on any atom is 0.234 e. The zero-order valence-electron chi connectivity index (χ0n) is 14.3. The monoisotopic (exact) mass is 342 g/mol. The van der Waals surface area contributed by atoms with Crippen LogP contribution >= 0.6 is 0 Å². The highest BCUT2D eigenvalue weighted by Crippen LogP contribution is 2.43. The maximum atomic E-state index is 13.2. The molecule has 0 unspecified atom stereocenters. The second-order valence-corrected chi connectivity index (χ2v) is 6.56. The number of nitrogens with two attached hydrogens (primary N) is 1. The first kappa shape index (κ1) is 17.4. The quantitative estimate of drug-likeness (QED) is 0.774. The molecule has 0 heterocycles. The van der Waals surface area contributed by atoms with Crippen LogP contribution in [-0.4, -0.2) is 11.9 Å². The number of hydrogen-bond donors (Lipinski definition) is 2. The lowest BCUT2D eigenvalue weighted by Gasteiger charge is -2.15. The van der Waals surface area contributed by atoms with Crippen LogP contribution in [0.3, 0.4) is 0 Å². The third-order valence-corrected chi connectivity index (χ3v) is 4.45. The molecule has 1 saturated carbocycles. The molecule has 3 N–H and O–H groups in total. The van der Waals surface area contributed by atoms with Crippen molar-refractivity contribution in [3.05, 3.63) is 65.0 Å². The van der Waals surface area contributed by atoms with Crippen LogP contribution in [0.5, 0.6) is 5.75 Å².